The Morgan fingerprint density at radius 3 is 2.75 bits per heavy atom. The van der Waals surface area contributed by atoms with Crippen LogP contribution in [-0.4, -0.2) is 4.98 Å². The fraction of sp³-hybridized carbons (Fsp3) is 0. The number of aromatic nitrogens is 1. The van der Waals surface area contributed by atoms with Gasteiger partial charge >= 0.3 is 0 Å². The molecule has 0 saturated heterocycles. The maximum absolute atomic E-state index is 6.13. The standard InChI is InChI=1S/C13H7ClNO/c14-11-6-7-15-13-12(11)10(8-16-13)9-4-2-1-3-5-9/h1-7H. The number of halogens is 1. The van der Waals surface area contributed by atoms with Crippen LogP contribution in [0.4, 0.5) is 0 Å². The molecule has 0 bridgehead atoms. The summed E-state index contributed by atoms with van der Waals surface area (Å²) in [7, 11) is 0. The fourth-order valence-electron chi connectivity index (χ4n) is 1.68. The first-order valence-corrected chi connectivity index (χ1v) is 5.24. The lowest BCUT2D eigenvalue weighted by Gasteiger charge is -1.98. The molecule has 1 radical (unpaired) electrons. The molecule has 16 heavy (non-hydrogen) atoms. The van der Waals surface area contributed by atoms with E-state index in [1.165, 1.54) is 0 Å². The average Bonchev–Trinajstić information content (AvgIpc) is 2.75. The van der Waals surface area contributed by atoms with E-state index < -0.39 is 0 Å². The molecule has 0 unspecified atom stereocenters. The summed E-state index contributed by atoms with van der Waals surface area (Å²) in [5.74, 6) is 0. The molecule has 0 aliphatic carbocycles. The Labute approximate surface area is 97.5 Å². The van der Waals surface area contributed by atoms with E-state index in [0.29, 0.717) is 10.7 Å². The van der Waals surface area contributed by atoms with Crippen LogP contribution in [0.15, 0.2) is 47.0 Å². The number of hydrogen-bond acceptors (Lipinski definition) is 2. The van der Waals surface area contributed by atoms with Crippen molar-refractivity contribution in [2.75, 3.05) is 0 Å². The Morgan fingerprint density at radius 2 is 1.94 bits per heavy atom. The van der Waals surface area contributed by atoms with Crippen molar-refractivity contribution in [3.05, 3.63) is 53.9 Å². The maximum Gasteiger partial charge on any atom is 0.229 e. The van der Waals surface area contributed by atoms with Gasteiger partial charge in [-0.2, -0.15) is 0 Å². The van der Waals surface area contributed by atoms with Crippen LogP contribution in [0.1, 0.15) is 0 Å². The quantitative estimate of drug-likeness (QED) is 0.630. The van der Waals surface area contributed by atoms with Crippen molar-refractivity contribution in [3.63, 3.8) is 0 Å². The van der Waals surface area contributed by atoms with E-state index >= 15 is 0 Å². The van der Waals surface area contributed by atoms with Gasteiger partial charge in [0, 0.05) is 11.8 Å². The molecule has 3 aromatic rings. The summed E-state index contributed by atoms with van der Waals surface area (Å²) < 4.78 is 5.26. The van der Waals surface area contributed by atoms with Crippen LogP contribution in [0, 0.1) is 6.26 Å². The monoisotopic (exact) mass is 228 g/mol. The molecule has 0 aliphatic heterocycles. The molecule has 2 heterocycles. The Bertz CT molecular complexity index is 631. The molecule has 2 aromatic heterocycles. The van der Waals surface area contributed by atoms with Gasteiger partial charge in [-0.15, -0.1) is 0 Å². The molecule has 1 aromatic carbocycles. The van der Waals surface area contributed by atoms with E-state index in [1.54, 1.807) is 12.3 Å². The molecule has 2 nitrogen and oxygen atoms in total. The van der Waals surface area contributed by atoms with Crippen molar-refractivity contribution >= 4 is 22.7 Å². The topological polar surface area (TPSA) is 26.0 Å². The number of nitrogens with zero attached hydrogens (tertiary/aromatic N) is 1. The SMILES string of the molecule is Clc1ccnc2o[c]c(-c3ccccc3)c12. The van der Waals surface area contributed by atoms with Crippen LogP contribution in [0.25, 0.3) is 22.2 Å². The number of pyridine rings is 1. The van der Waals surface area contributed by atoms with Gasteiger partial charge in [0.15, 0.2) is 6.26 Å². The second-order valence-electron chi connectivity index (χ2n) is 3.42. The Hall–Kier alpha value is -1.80. The van der Waals surface area contributed by atoms with Crippen LogP contribution in [0.2, 0.25) is 5.02 Å². The molecular formula is C13H7ClNO. The van der Waals surface area contributed by atoms with Crippen molar-refractivity contribution in [3.8, 4) is 11.1 Å². The Balaban J connectivity index is 2.33. The van der Waals surface area contributed by atoms with Gasteiger partial charge in [0.1, 0.15) is 0 Å². The second kappa shape index (κ2) is 3.65. The van der Waals surface area contributed by atoms with Gasteiger partial charge in [-0.1, -0.05) is 41.9 Å². The first kappa shape index (κ1) is 9.43. The first-order chi connectivity index (χ1) is 7.86. The van der Waals surface area contributed by atoms with Gasteiger partial charge in [0.2, 0.25) is 5.71 Å². The summed E-state index contributed by atoms with van der Waals surface area (Å²) in [5.41, 5.74) is 2.40. The van der Waals surface area contributed by atoms with Crippen molar-refractivity contribution in [1.29, 1.82) is 0 Å². The number of furan rings is 1. The van der Waals surface area contributed by atoms with Crippen molar-refractivity contribution in [2.45, 2.75) is 0 Å². The van der Waals surface area contributed by atoms with Crippen molar-refractivity contribution < 1.29 is 4.42 Å². The Kier molecular flexibility index (Phi) is 2.15. The molecule has 0 N–H and O–H groups in total. The molecule has 3 heteroatoms. The molecule has 77 valence electrons. The maximum atomic E-state index is 6.13. The van der Waals surface area contributed by atoms with E-state index in [-0.39, 0.29) is 0 Å². The minimum atomic E-state index is 0.520. The minimum Gasteiger partial charge on any atom is -0.434 e. The van der Waals surface area contributed by atoms with E-state index in [2.05, 4.69) is 11.2 Å². The lowest BCUT2D eigenvalue weighted by molar-refractivity contribution is 0.595. The summed E-state index contributed by atoms with van der Waals surface area (Å²) >= 11 is 6.13. The van der Waals surface area contributed by atoms with Crippen LogP contribution in [0.5, 0.6) is 0 Å². The minimum absolute atomic E-state index is 0.520. The molecular weight excluding hydrogens is 222 g/mol. The highest BCUT2D eigenvalue weighted by Gasteiger charge is 2.12. The fourth-order valence-corrected chi connectivity index (χ4v) is 1.91. The first-order valence-electron chi connectivity index (χ1n) is 4.86. The van der Waals surface area contributed by atoms with Gasteiger partial charge in [-0.25, -0.2) is 4.98 Å². The third-order valence-corrected chi connectivity index (χ3v) is 2.74. The third kappa shape index (κ3) is 1.39. The largest absolute Gasteiger partial charge is 0.434 e. The molecule has 0 atom stereocenters. The smallest absolute Gasteiger partial charge is 0.229 e. The zero-order valence-corrected chi connectivity index (χ0v) is 9.03. The zero-order chi connectivity index (χ0) is 11.0. The van der Waals surface area contributed by atoms with Crippen LogP contribution in [-0.2, 0) is 0 Å². The predicted molar refractivity (Wildman–Crippen MR) is 63.3 cm³/mol. The zero-order valence-electron chi connectivity index (χ0n) is 8.27. The van der Waals surface area contributed by atoms with Gasteiger partial charge in [-0.05, 0) is 11.6 Å². The number of benzene rings is 1. The van der Waals surface area contributed by atoms with Gasteiger partial charge in [0.25, 0.3) is 0 Å². The molecule has 0 aliphatic rings. The average molecular weight is 229 g/mol. The van der Waals surface area contributed by atoms with Gasteiger partial charge in [0.05, 0.1) is 10.4 Å². The summed E-state index contributed by atoms with van der Waals surface area (Å²) in [6.45, 7) is 0. The van der Waals surface area contributed by atoms with E-state index in [0.717, 1.165) is 16.5 Å². The molecule has 3 rings (SSSR count). The highest BCUT2D eigenvalue weighted by atomic mass is 35.5. The van der Waals surface area contributed by atoms with Crippen LogP contribution in [0.3, 0.4) is 0 Å². The molecule has 0 saturated carbocycles. The molecule has 0 amide bonds. The van der Waals surface area contributed by atoms with E-state index in [4.69, 9.17) is 16.0 Å². The van der Waals surface area contributed by atoms with Crippen LogP contribution < -0.4 is 0 Å². The number of fused-ring (bicyclic) bond motifs is 1. The summed E-state index contributed by atoms with van der Waals surface area (Å²) in [5, 5.41) is 1.45. The highest BCUT2D eigenvalue weighted by Crippen LogP contribution is 2.33. The van der Waals surface area contributed by atoms with Crippen molar-refractivity contribution in [2.24, 2.45) is 0 Å². The second-order valence-corrected chi connectivity index (χ2v) is 3.83. The van der Waals surface area contributed by atoms with E-state index in [9.17, 15) is 0 Å². The van der Waals surface area contributed by atoms with Crippen LogP contribution >= 0.6 is 11.6 Å². The molecule has 0 fully saturated rings. The summed E-state index contributed by atoms with van der Waals surface area (Å²) in [6, 6.07) is 11.6. The third-order valence-electron chi connectivity index (χ3n) is 2.43. The highest BCUT2D eigenvalue weighted by molar-refractivity contribution is 6.36. The van der Waals surface area contributed by atoms with Gasteiger partial charge < -0.3 is 4.42 Å². The summed E-state index contributed by atoms with van der Waals surface area (Å²) in [6.07, 6.45) is 4.47. The lowest BCUT2D eigenvalue weighted by atomic mass is 10.1. The lowest BCUT2D eigenvalue weighted by Crippen LogP contribution is -1.77. The number of rotatable bonds is 1. The van der Waals surface area contributed by atoms with Crippen molar-refractivity contribution in [1.82, 2.24) is 4.98 Å². The van der Waals surface area contributed by atoms with E-state index in [1.807, 2.05) is 30.3 Å². The summed E-state index contributed by atoms with van der Waals surface area (Å²) in [4.78, 5) is 4.11. The normalized spacial score (nSPS) is 10.8. The van der Waals surface area contributed by atoms with Gasteiger partial charge in [-0.3, -0.25) is 0 Å². The molecule has 0 spiro atoms. The predicted octanol–water partition coefficient (Wildman–Crippen LogP) is 3.95. The number of hydrogen-bond donors (Lipinski definition) is 0. The Morgan fingerprint density at radius 1 is 1.12 bits per heavy atom.